The second-order valence-electron chi connectivity index (χ2n) is 5.29. The van der Waals surface area contributed by atoms with E-state index in [2.05, 4.69) is 51.4 Å². The van der Waals surface area contributed by atoms with E-state index < -0.39 is 0 Å². The van der Waals surface area contributed by atoms with Gasteiger partial charge in [-0.1, -0.05) is 28.1 Å². The minimum absolute atomic E-state index is 0.401. The van der Waals surface area contributed by atoms with Gasteiger partial charge in [-0.2, -0.15) is 0 Å². The Morgan fingerprint density at radius 3 is 2.95 bits per heavy atom. The van der Waals surface area contributed by atoms with E-state index in [0.717, 1.165) is 22.3 Å². The van der Waals surface area contributed by atoms with Gasteiger partial charge >= 0.3 is 0 Å². The van der Waals surface area contributed by atoms with Crippen molar-refractivity contribution in [3.05, 3.63) is 45.7 Å². The molecular weight excluding hydrogens is 314 g/mol. The lowest BCUT2D eigenvalue weighted by Gasteiger charge is -2.24. The van der Waals surface area contributed by atoms with Gasteiger partial charge in [-0.05, 0) is 44.9 Å². The molecule has 0 amide bonds. The molecule has 3 nitrogen and oxygen atoms in total. The third-order valence-electron chi connectivity index (χ3n) is 3.96. The molecule has 1 aromatic heterocycles. The number of aromatic nitrogens is 2. The van der Waals surface area contributed by atoms with E-state index in [1.807, 2.05) is 13.2 Å². The summed E-state index contributed by atoms with van der Waals surface area (Å²) in [6, 6.07) is 6.67. The van der Waals surface area contributed by atoms with Gasteiger partial charge in [0.15, 0.2) is 5.82 Å². The molecule has 1 aliphatic rings. The number of aryl methyl sites for hydroxylation is 2. The van der Waals surface area contributed by atoms with Crippen LogP contribution in [0.2, 0.25) is 0 Å². The molecule has 0 saturated heterocycles. The summed E-state index contributed by atoms with van der Waals surface area (Å²) in [6.45, 7) is 2.08. The largest absolute Gasteiger partial charge is 0.313 e. The lowest BCUT2D eigenvalue weighted by atomic mass is 9.92. The molecule has 0 bridgehead atoms. The fraction of sp³-hybridized carbons (Fsp3) is 0.375. The molecule has 1 N–H and O–H groups in total. The first-order valence-corrected chi connectivity index (χ1v) is 7.78. The number of hydrogen-bond donors (Lipinski definition) is 1. The third-order valence-corrected chi connectivity index (χ3v) is 4.81. The van der Waals surface area contributed by atoms with Gasteiger partial charge < -0.3 is 5.32 Å². The molecule has 2 aromatic rings. The van der Waals surface area contributed by atoms with Crippen molar-refractivity contribution >= 4 is 15.9 Å². The van der Waals surface area contributed by atoms with E-state index in [0.29, 0.717) is 6.04 Å². The zero-order valence-electron chi connectivity index (χ0n) is 11.8. The van der Waals surface area contributed by atoms with Gasteiger partial charge in [0.05, 0.1) is 0 Å². The molecule has 1 aromatic carbocycles. The predicted octanol–water partition coefficient (Wildman–Crippen LogP) is 3.81. The average molecular weight is 332 g/mol. The summed E-state index contributed by atoms with van der Waals surface area (Å²) in [5.74, 6) is 0.821. The van der Waals surface area contributed by atoms with E-state index in [1.165, 1.54) is 29.7 Å². The number of fused-ring (bicyclic) bond motifs is 1. The topological polar surface area (TPSA) is 37.8 Å². The molecule has 20 heavy (non-hydrogen) atoms. The van der Waals surface area contributed by atoms with Crippen LogP contribution in [0, 0.1) is 6.92 Å². The Kier molecular flexibility index (Phi) is 3.85. The predicted molar refractivity (Wildman–Crippen MR) is 84.6 cm³/mol. The number of nitrogens with zero attached hydrogens (tertiary/aromatic N) is 2. The highest BCUT2D eigenvalue weighted by atomic mass is 79.9. The Bertz CT molecular complexity index is 640. The number of benzene rings is 1. The van der Waals surface area contributed by atoms with Crippen molar-refractivity contribution in [1.29, 1.82) is 0 Å². The van der Waals surface area contributed by atoms with Gasteiger partial charge in [0.2, 0.25) is 0 Å². The van der Waals surface area contributed by atoms with E-state index in [1.54, 1.807) is 0 Å². The number of hydrogen-bond acceptors (Lipinski definition) is 3. The van der Waals surface area contributed by atoms with E-state index in [-0.39, 0.29) is 0 Å². The number of nitrogens with one attached hydrogen (secondary N) is 1. The van der Waals surface area contributed by atoms with Gasteiger partial charge in [-0.25, -0.2) is 9.97 Å². The van der Waals surface area contributed by atoms with Gasteiger partial charge in [0.1, 0.15) is 0 Å². The van der Waals surface area contributed by atoms with E-state index >= 15 is 0 Å². The lowest BCUT2D eigenvalue weighted by molar-refractivity contribution is 0.488. The third kappa shape index (κ3) is 2.50. The molecule has 0 aliphatic heterocycles. The molecule has 1 unspecified atom stereocenters. The minimum Gasteiger partial charge on any atom is -0.313 e. The van der Waals surface area contributed by atoms with Gasteiger partial charge in [-0.15, -0.1) is 0 Å². The molecule has 0 saturated carbocycles. The van der Waals surface area contributed by atoms with Crippen LogP contribution in [0.15, 0.2) is 28.9 Å². The zero-order chi connectivity index (χ0) is 14.1. The summed E-state index contributed by atoms with van der Waals surface area (Å²) in [4.78, 5) is 9.34. The first-order valence-electron chi connectivity index (χ1n) is 6.98. The van der Waals surface area contributed by atoms with Crippen LogP contribution in [0.25, 0.3) is 11.4 Å². The van der Waals surface area contributed by atoms with Crippen LogP contribution in [0.4, 0.5) is 0 Å². The van der Waals surface area contributed by atoms with Crippen molar-refractivity contribution in [2.75, 3.05) is 7.05 Å². The smallest absolute Gasteiger partial charge is 0.159 e. The summed E-state index contributed by atoms with van der Waals surface area (Å²) in [5, 5.41) is 3.35. The quantitative estimate of drug-likeness (QED) is 0.909. The molecule has 4 heteroatoms. The summed E-state index contributed by atoms with van der Waals surface area (Å²) in [6.07, 6.45) is 5.40. The monoisotopic (exact) mass is 331 g/mol. The molecule has 3 rings (SSSR count). The summed E-state index contributed by atoms with van der Waals surface area (Å²) >= 11 is 3.57. The molecule has 1 aliphatic carbocycles. The van der Waals surface area contributed by atoms with Gasteiger partial charge in [0.25, 0.3) is 0 Å². The Labute approximate surface area is 128 Å². The van der Waals surface area contributed by atoms with Gasteiger partial charge in [-0.3, -0.25) is 0 Å². The molecule has 1 atom stereocenters. The highest BCUT2D eigenvalue weighted by Gasteiger charge is 2.21. The second kappa shape index (κ2) is 5.62. The maximum atomic E-state index is 4.78. The Balaban J connectivity index is 2.01. The summed E-state index contributed by atoms with van der Waals surface area (Å²) in [7, 11) is 2.00. The first-order chi connectivity index (χ1) is 9.69. The fourth-order valence-electron chi connectivity index (χ4n) is 2.72. The van der Waals surface area contributed by atoms with Crippen molar-refractivity contribution in [3.63, 3.8) is 0 Å². The highest BCUT2D eigenvalue weighted by Crippen LogP contribution is 2.30. The SMILES string of the molecule is CNC1CCCc2nc(-c3ccc(C)c(Br)c3)ncc21. The Hall–Kier alpha value is -1.26. The van der Waals surface area contributed by atoms with E-state index in [9.17, 15) is 0 Å². The van der Waals surface area contributed by atoms with Crippen LogP contribution in [-0.2, 0) is 6.42 Å². The summed E-state index contributed by atoms with van der Waals surface area (Å²) in [5.41, 5.74) is 4.74. The van der Waals surface area contributed by atoms with Gasteiger partial charge in [0, 0.05) is 33.5 Å². The Morgan fingerprint density at radius 2 is 2.20 bits per heavy atom. The zero-order valence-corrected chi connectivity index (χ0v) is 13.4. The van der Waals surface area contributed by atoms with Crippen molar-refractivity contribution < 1.29 is 0 Å². The molecule has 0 spiro atoms. The van der Waals surface area contributed by atoms with E-state index in [4.69, 9.17) is 4.98 Å². The van der Waals surface area contributed by atoms with Crippen LogP contribution in [0.5, 0.6) is 0 Å². The van der Waals surface area contributed by atoms with Crippen LogP contribution in [0.3, 0.4) is 0 Å². The summed E-state index contributed by atoms with van der Waals surface area (Å²) < 4.78 is 1.10. The molecule has 104 valence electrons. The van der Waals surface area contributed by atoms with Crippen LogP contribution >= 0.6 is 15.9 Å². The van der Waals surface area contributed by atoms with Crippen LogP contribution < -0.4 is 5.32 Å². The van der Waals surface area contributed by atoms with Crippen LogP contribution in [-0.4, -0.2) is 17.0 Å². The fourth-order valence-corrected chi connectivity index (χ4v) is 3.10. The second-order valence-corrected chi connectivity index (χ2v) is 6.15. The standard InChI is InChI=1S/C16H18BrN3/c1-10-6-7-11(8-13(10)17)16-19-9-12-14(18-2)4-3-5-15(12)20-16/h6-9,14,18H,3-5H2,1-2H3. The highest BCUT2D eigenvalue weighted by molar-refractivity contribution is 9.10. The normalized spacial score (nSPS) is 17.9. The Morgan fingerprint density at radius 1 is 1.35 bits per heavy atom. The molecule has 1 heterocycles. The lowest BCUT2D eigenvalue weighted by Crippen LogP contribution is -2.22. The average Bonchev–Trinajstić information content (AvgIpc) is 2.48. The van der Waals surface area contributed by atoms with Crippen LogP contribution in [0.1, 0.15) is 35.7 Å². The minimum atomic E-state index is 0.401. The molecule has 0 fully saturated rings. The first kappa shape index (κ1) is 13.7. The molecular formula is C16H18BrN3. The number of rotatable bonds is 2. The molecule has 0 radical (unpaired) electrons. The van der Waals surface area contributed by atoms with Crippen molar-refractivity contribution in [1.82, 2.24) is 15.3 Å². The van der Waals surface area contributed by atoms with Crippen molar-refractivity contribution in [2.45, 2.75) is 32.2 Å². The van der Waals surface area contributed by atoms with Crippen molar-refractivity contribution in [2.24, 2.45) is 0 Å². The maximum absolute atomic E-state index is 4.78. The van der Waals surface area contributed by atoms with Crippen molar-refractivity contribution in [3.8, 4) is 11.4 Å². The maximum Gasteiger partial charge on any atom is 0.159 e. The number of halogens is 1.